The number of aliphatic hydroxyl groups is 8. The summed E-state index contributed by atoms with van der Waals surface area (Å²) in [6.45, 7) is -1.64. The highest BCUT2D eigenvalue weighted by molar-refractivity contribution is 5.77. The molecule has 1 amide bonds. The monoisotopic (exact) mass is 399 g/mol. The first kappa shape index (κ1) is 22.3. The van der Waals surface area contributed by atoms with Crippen LogP contribution in [0, 0.1) is 0 Å². The molecule has 10 atom stereocenters. The zero-order chi connectivity index (χ0) is 20.3. The molecule has 2 rings (SSSR count). The third-order valence-corrected chi connectivity index (χ3v) is 4.41. The van der Waals surface area contributed by atoms with Crippen molar-refractivity contribution >= 4 is 5.91 Å². The van der Waals surface area contributed by atoms with Gasteiger partial charge in [-0.3, -0.25) is 4.79 Å². The number of hydrogen-bond acceptors (Lipinski definition) is 12. The molecule has 2 heterocycles. The van der Waals surface area contributed by atoms with E-state index in [1.165, 1.54) is 0 Å². The van der Waals surface area contributed by atoms with Crippen LogP contribution in [0.3, 0.4) is 0 Å². The van der Waals surface area contributed by atoms with Crippen LogP contribution in [0.5, 0.6) is 0 Å². The van der Waals surface area contributed by atoms with E-state index in [0.29, 0.717) is 0 Å². The summed E-state index contributed by atoms with van der Waals surface area (Å²) in [5.74, 6) is -0.752. The second kappa shape index (κ2) is 9.49. The maximum absolute atomic E-state index is 11.8. The summed E-state index contributed by atoms with van der Waals surface area (Å²) in [4.78, 5) is 11.8. The molecule has 0 aromatic rings. The number of hydrogen-bond donors (Lipinski definition) is 9. The SMILES string of the molecule is O=C(CO[C@H]1O[C@H](CO)[C@@H](O)[C@H](O)[C@H]1O)NC[C@H]1OC(O)[C@H](O)[C@@H](O)[C@H]1O. The van der Waals surface area contributed by atoms with E-state index in [-0.39, 0.29) is 6.54 Å². The Balaban J connectivity index is 1.79. The lowest BCUT2D eigenvalue weighted by molar-refractivity contribution is -0.299. The molecule has 2 fully saturated rings. The van der Waals surface area contributed by atoms with Crippen LogP contribution >= 0.6 is 0 Å². The molecule has 0 aromatic heterocycles. The number of nitrogens with one attached hydrogen (secondary N) is 1. The van der Waals surface area contributed by atoms with Gasteiger partial charge in [0, 0.05) is 6.54 Å². The Morgan fingerprint density at radius 1 is 0.815 bits per heavy atom. The first-order valence-corrected chi connectivity index (χ1v) is 8.24. The van der Waals surface area contributed by atoms with E-state index in [9.17, 15) is 40.5 Å². The predicted octanol–water partition coefficient (Wildman–Crippen LogP) is -6.28. The first-order chi connectivity index (χ1) is 12.7. The molecule has 27 heavy (non-hydrogen) atoms. The topological polar surface area (TPSA) is 219 Å². The fourth-order valence-electron chi connectivity index (χ4n) is 2.73. The van der Waals surface area contributed by atoms with Gasteiger partial charge in [-0.25, -0.2) is 0 Å². The molecule has 0 saturated carbocycles. The van der Waals surface area contributed by atoms with E-state index in [4.69, 9.17) is 19.3 Å². The van der Waals surface area contributed by atoms with Crippen LogP contribution in [-0.4, -0.2) is 128 Å². The number of ether oxygens (including phenoxy) is 3. The van der Waals surface area contributed by atoms with Crippen molar-refractivity contribution in [2.75, 3.05) is 19.8 Å². The summed E-state index contributed by atoms with van der Waals surface area (Å²) in [5, 5.41) is 78.5. The van der Waals surface area contributed by atoms with E-state index in [1.54, 1.807) is 0 Å². The largest absolute Gasteiger partial charge is 0.394 e. The fraction of sp³-hybridized carbons (Fsp3) is 0.929. The van der Waals surface area contributed by atoms with Gasteiger partial charge < -0.3 is 60.4 Å². The molecular formula is C14H25NO12. The average molecular weight is 399 g/mol. The molecule has 9 N–H and O–H groups in total. The zero-order valence-electron chi connectivity index (χ0n) is 14.1. The lowest BCUT2D eigenvalue weighted by Crippen LogP contribution is -2.60. The van der Waals surface area contributed by atoms with Crippen molar-refractivity contribution in [1.29, 1.82) is 0 Å². The van der Waals surface area contributed by atoms with E-state index in [1.807, 2.05) is 0 Å². The van der Waals surface area contributed by atoms with Gasteiger partial charge in [0.25, 0.3) is 0 Å². The molecular weight excluding hydrogens is 374 g/mol. The van der Waals surface area contributed by atoms with Gasteiger partial charge in [0.05, 0.1) is 6.61 Å². The Kier molecular flexibility index (Phi) is 7.84. The van der Waals surface area contributed by atoms with Gasteiger partial charge in [-0.15, -0.1) is 0 Å². The van der Waals surface area contributed by atoms with E-state index in [0.717, 1.165) is 0 Å². The molecule has 13 heteroatoms. The number of aliphatic hydroxyl groups excluding tert-OH is 8. The van der Waals surface area contributed by atoms with Crippen molar-refractivity contribution in [2.45, 2.75) is 61.4 Å². The normalized spacial score (nSPS) is 45.5. The van der Waals surface area contributed by atoms with Crippen LogP contribution in [0.2, 0.25) is 0 Å². The standard InChI is InChI=1S/C14H25NO12/c16-2-5-8(19)10(21)12(23)14(27-5)25-3-6(17)15-1-4-7(18)9(20)11(22)13(24)26-4/h4-5,7-14,16,18-24H,1-3H2,(H,15,17)/t4-,5-,7+,8-,9+,10+,11-,12-,13?,14+/m1/s1. The molecule has 2 saturated heterocycles. The van der Waals surface area contributed by atoms with Gasteiger partial charge in [0.15, 0.2) is 12.6 Å². The molecule has 1 unspecified atom stereocenters. The van der Waals surface area contributed by atoms with Crippen molar-refractivity contribution in [3.8, 4) is 0 Å². The smallest absolute Gasteiger partial charge is 0.246 e. The fourth-order valence-corrected chi connectivity index (χ4v) is 2.73. The third kappa shape index (κ3) is 5.10. The lowest BCUT2D eigenvalue weighted by atomic mass is 9.99. The Morgan fingerprint density at radius 3 is 2.04 bits per heavy atom. The van der Waals surface area contributed by atoms with E-state index < -0.39 is 80.5 Å². The maximum atomic E-state index is 11.8. The first-order valence-electron chi connectivity index (χ1n) is 8.24. The van der Waals surface area contributed by atoms with Crippen molar-refractivity contribution in [1.82, 2.24) is 5.32 Å². The maximum Gasteiger partial charge on any atom is 0.246 e. The highest BCUT2D eigenvalue weighted by Gasteiger charge is 2.45. The number of rotatable bonds is 6. The van der Waals surface area contributed by atoms with E-state index in [2.05, 4.69) is 5.32 Å². The van der Waals surface area contributed by atoms with Gasteiger partial charge >= 0.3 is 0 Å². The number of carbonyl (C=O) groups is 1. The van der Waals surface area contributed by atoms with Gasteiger partial charge in [0.1, 0.15) is 55.4 Å². The van der Waals surface area contributed by atoms with Crippen molar-refractivity contribution in [3.05, 3.63) is 0 Å². The second-order valence-electron chi connectivity index (χ2n) is 6.35. The summed E-state index contributed by atoms with van der Waals surface area (Å²) >= 11 is 0. The molecule has 0 bridgehead atoms. The number of carbonyl (C=O) groups excluding carboxylic acids is 1. The summed E-state index contributed by atoms with van der Waals surface area (Å²) in [6.07, 6.45) is -15.4. The van der Waals surface area contributed by atoms with E-state index >= 15 is 0 Å². The van der Waals surface area contributed by atoms with Gasteiger partial charge in [-0.2, -0.15) is 0 Å². The van der Waals surface area contributed by atoms with Crippen molar-refractivity contribution < 1.29 is 59.9 Å². The van der Waals surface area contributed by atoms with Crippen molar-refractivity contribution in [3.63, 3.8) is 0 Å². The molecule has 0 aromatic carbocycles. The molecule has 0 aliphatic carbocycles. The highest BCUT2D eigenvalue weighted by Crippen LogP contribution is 2.22. The Labute approximate surface area is 153 Å². The van der Waals surface area contributed by atoms with Crippen LogP contribution in [0.1, 0.15) is 0 Å². The molecule has 2 aliphatic heterocycles. The average Bonchev–Trinajstić information content (AvgIpc) is 2.65. The highest BCUT2D eigenvalue weighted by atomic mass is 16.7. The van der Waals surface area contributed by atoms with Gasteiger partial charge in [-0.1, -0.05) is 0 Å². The molecule has 2 aliphatic rings. The lowest BCUT2D eigenvalue weighted by Gasteiger charge is -2.39. The number of amides is 1. The van der Waals surface area contributed by atoms with Crippen LogP contribution in [0.15, 0.2) is 0 Å². The van der Waals surface area contributed by atoms with Crippen LogP contribution < -0.4 is 5.32 Å². The van der Waals surface area contributed by atoms with Gasteiger partial charge in [-0.05, 0) is 0 Å². The third-order valence-electron chi connectivity index (χ3n) is 4.41. The quantitative estimate of drug-likeness (QED) is 0.204. The molecule has 13 nitrogen and oxygen atoms in total. The summed E-state index contributed by atoms with van der Waals surface area (Å²) in [6, 6.07) is 0. The predicted molar refractivity (Wildman–Crippen MR) is 81.6 cm³/mol. The molecule has 158 valence electrons. The zero-order valence-corrected chi connectivity index (χ0v) is 14.1. The summed E-state index contributed by atoms with van der Waals surface area (Å²) < 4.78 is 15.0. The molecule has 0 radical (unpaired) electrons. The minimum atomic E-state index is -1.74. The Morgan fingerprint density at radius 2 is 1.41 bits per heavy atom. The minimum Gasteiger partial charge on any atom is -0.394 e. The summed E-state index contributed by atoms with van der Waals surface area (Å²) in [7, 11) is 0. The summed E-state index contributed by atoms with van der Waals surface area (Å²) in [5.41, 5.74) is 0. The molecule has 0 spiro atoms. The van der Waals surface area contributed by atoms with Crippen LogP contribution in [0.25, 0.3) is 0 Å². The van der Waals surface area contributed by atoms with Crippen LogP contribution in [-0.2, 0) is 19.0 Å². The second-order valence-corrected chi connectivity index (χ2v) is 6.35. The Hall–Kier alpha value is -0.970. The van der Waals surface area contributed by atoms with Gasteiger partial charge in [0.2, 0.25) is 5.91 Å². The Bertz CT molecular complexity index is 493. The van der Waals surface area contributed by atoms with Crippen LogP contribution in [0.4, 0.5) is 0 Å². The minimum absolute atomic E-state index is 0.334. The van der Waals surface area contributed by atoms with Crippen molar-refractivity contribution in [2.24, 2.45) is 0 Å².